The molecule has 39 heavy (non-hydrogen) atoms. The Bertz CT molecular complexity index is 1400. The van der Waals surface area contributed by atoms with Crippen LogP contribution in [0, 0.1) is 0 Å². The van der Waals surface area contributed by atoms with Gasteiger partial charge >= 0.3 is 6.18 Å². The standard InChI is InChI=1S/C28H31F3N4O4/c1-17(36)32-11-4-5-12-33-19-9-10-24(28(29,30)31)25(15-19)35-27(37)23-8-6-7-22(23)26(34-35)18-13-20(38-2)16-21(14-18)39-3/h9-10,13-16,33H,4-8,11-12H2,1-3H3,(H,32,36). The van der Waals surface area contributed by atoms with Crippen LogP contribution < -0.4 is 25.7 Å². The summed E-state index contributed by atoms with van der Waals surface area (Å²) in [4.78, 5) is 24.5. The minimum absolute atomic E-state index is 0.116. The summed E-state index contributed by atoms with van der Waals surface area (Å²) in [6.07, 6.45) is -1.55. The number of methoxy groups -OCH3 is 2. The summed E-state index contributed by atoms with van der Waals surface area (Å²) >= 11 is 0. The number of hydrogen-bond acceptors (Lipinski definition) is 6. The molecule has 0 fully saturated rings. The fourth-order valence-corrected chi connectivity index (χ4v) is 4.72. The van der Waals surface area contributed by atoms with Crippen molar-refractivity contribution in [3.8, 4) is 28.4 Å². The SMILES string of the molecule is COc1cc(OC)cc(-c2nn(-c3cc(NCCCCNC(C)=O)ccc3C(F)(F)F)c(=O)c3c2CCC3)c1. The molecule has 1 aliphatic rings. The van der Waals surface area contributed by atoms with Gasteiger partial charge in [-0.15, -0.1) is 0 Å². The largest absolute Gasteiger partial charge is 0.497 e. The highest BCUT2D eigenvalue weighted by molar-refractivity contribution is 5.72. The number of aromatic nitrogens is 2. The van der Waals surface area contributed by atoms with Gasteiger partial charge in [-0.2, -0.15) is 23.0 Å². The molecule has 3 aromatic rings. The zero-order valence-corrected chi connectivity index (χ0v) is 22.1. The van der Waals surface area contributed by atoms with Crippen LogP contribution in [0.25, 0.3) is 16.9 Å². The molecule has 4 rings (SSSR count). The first-order valence-corrected chi connectivity index (χ1v) is 12.7. The Morgan fingerprint density at radius 2 is 1.67 bits per heavy atom. The van der Waals surface area contributed by atoms with Gasteiger partial charge in [-0.3, -0.25) is 9.59 Å². The average Bonchev–Trinajstić information content (AvgIpc) is 3.40. The molecule has 1 amide bonds. The first kappa shape index (κ1) is 28.0. The van der Waals surface area contributed by atoms with Crippen molar-refractivity contribution in [1.82, 2.24) is 15.1 Å². The van der Waals surface area contributed by atoms with E-state index >= 15 is 0 Å². The predicted molar refractivity (Wildman–Crippen MR) is 142 cm³/mol. The molecule has 208 valence electrons. The second-order valence-electron chi connectivity index (χ2n) is 9.32. The van der Waals surface area contributed by atoms with Gasteiger partial charge in [-0.1, -0.05) is 0 Å². The van der Waals surface area contributed by atoms with Crippen LogP contribution in [0.3, 0.4) is 0 Å². The molecule has 0 saturated carbocycles. The molecule has 0 saturated heterocycles. The first-order chi connectivity index (χ1) is 18.6. The van der Waals surface area contributed by atoms with Crippen molar-refractivity contribution in [2.75, 3.05) is 32.6 Å². The van der Waals surface area contributed by atoms with Crippen LogP contribution in [0.15, 0.2) is 41.2 Å². The van der Waals surface area contributed by atoms with E-state index in [-0.39, 0.29) is 11.6 Å². The fraction of sp³-hybridized carbons (Fsp3) is 0.393. The molecule has 1 aliphatic carbocycles. The molecule has 1 heterocycles. The lowest BCUT2D eigenvalue weighted by Gasteiger charge is -2.19. The number of fused-ring (bicyclic) bond motifs is 1. The number of carbonyl (C=O) groups excluding carboxylic acids is 1. The molecule has 11 heteroatoms. The van der Waals surface area contributed by atoms with Crippen molar-refractivity contribution in [1.29, 1.82) is 0 Å². The molecule has 2 aromatic carbocycles. The highest BCUT2D eigenvalue weighted by Gasteiger charge is 2.35. The molecule has 0 bridgehead atoms. The Morgan fingerprint density at radius 1 is 1.00 bits per heavy atom. The van der Waals surface area contributed by atoms with Crippen molar-refractivity contribution in [3.05, 3.63) is 63.4 Å². The highest BCUT2D eigenvalue weighted by Crippen LogP contribution is 2.37. The Labute approximate surface area is 224 Å². The number of carbonyl (C=O) groups is 1. The topological polar surface area (TPSA) is 94.5 Å². The molecule has 0 radical (unpaired) electrons. The van der Waals surface area contributed by atoms with Crippen LogP contribution >= 0.6 is 0 Å². The Kier molecular flexibility index (Phi) is 8.47. The van der Waals surface area contributed by atoms with Gasteiger partial charge in [-0.05, 0) is 68.0 Å². The number of nitrogens with zero attached hydrogens (tertiary/aromatic N) is 2. The van der Waals surface area contributed by atoms with Crippen LogP contribution in [0.1, 0.15) is 42.9 Å². The van der Waals surface area contributed by atoms with Crippen LogP contribution in [0.5, 0.6) is 11.5 Å². The van der Waals surface area contributed by atoms with Gasteiger partial charge in [0.1, 0.15) is 11.5 Å². The number of halogens is 3. The van der Waals surface area contributed by atoms with Gasteiger partial charge in [0.2, 0.25) is 5.91 Å². The number of nitrogens with one attached hydrogen (secondary N) is 2. The van der Waals surface area contributed by atoms with Crippen molar-refractivity contribution in [3.63, 3.8) is 0 Å². The van der Waals surface area contributed by atoms with E-state index in [0.29, 0.717) is 79.2 Å². The van der Waals surface area contributed by atoms with Gasteiger partial charge in [0.15, 0.2) is 0 Å². The normalized spacial score (nSPS) is 12.7. The molecule has 0 aliphatic heterocycles. The van der Waals surface area contributed by atoms with E-state index in [1.54, 1.807) is 18.2 Å². The smallest absolute Gasteiger partial charge is 0.418 e. The second kappa shape index (κ2) is 11.8. The number of amides is 1. The minimum atomic E-state index is -4.70. The average molecular weight is 545 g/mol. The maximum Gasteiger partial charge on any atom is 0.418 e. The number of unbranched alkanes of at least 4 members (excludes halogenated alkanes) is 1. The molecular formula is C28H31F3N4O4. The third kappa shape index (κ3) is 6.35. The molecule has 0 unspecified atom stereocenters. The Morgan fingerprint density at radius 3 is 2.31 bits per heavy atom. The predicted octanol–water partition coefficient (Wildman–Crippen LogP) is 4.75. The maximum atomic E-state index is 14.1. The van der Waals surface area contributed by atoms with Crippen molar-refractivity contribution < 1.29 is 27.4 Å². The molecule has 8 nitrogen and oxygen atoms in total. The van der Waals surface area contributed by atoms with Gasteiger partial charge < -0.3 is 20.1 Å². The van der Waals surface area contributed by atoms with Crippen molar-refractivity contribution in [2.24, 2.45) is 0 Å². The summed E-state index contributed by atoms with van der Waals surface area (Å²) in [7, 11) is 3.01. The minimum Gasteiger partial charge on any atom is -0.497 e. The highest BCUT2D eigenvalue weighted by atomic mass is 19.4. The van der Waals surface area contributed by atoms with Crippen LogP contribution in [0.4, 0.5) is 18.9 Å². The van der Waals surface area contributed by atoms with E-state index in [0.717, 1.165) is 16.3 Å². The number of alkyl halides is 3. The Hall–Kier alpha value is -4.02. The van der Waals surface area contributed by atoms with Gasteiger partial charge in [0, 0.05) is 42.9 Å². The van der Waals surface area contributed by atoms with Gasteiger partial charge in [0.25, 0.3) is 5.56 Å². The molecule has 0 atom stereocenters. The van der Waals surface area contributed by atoms with Gasteiger partial charge in [0.05, 0.1) is 31.2 Å². The van der Waals surface area contributed by atoms with Crippen LogP contribution in [-0.2, 0) is 23.8 Å². The monoisotopic (exact) mass is 544 g/mol. The number of anilines is 1. The second-order valence-corrected chi connectivity index (χ2v) is 9.32. The van der Waals surface area contributed by atoms with Crippen molar-refractivity contribution >= 4 is 11.6 Å². The molecular weight excluding hydrogens is 513 g/mol. The fourth-order valence-electron chi connectivity index (χ4n) is 4.72. The summed E-state index contributed by atoms with van der Waals surface area (Å²) in [5.41, 5.74) is 0.765. The van der Waals surface area contributed by atoms with Gasteiger partial charge in [-0.25, -0.2) is 0 Å². The number of benzene rings is 2. The summed E-state index contributed by atoms with van der Waals surface area (Å²) in [6, 6.07) is 8.75. The number of ether oxygens (including phenoxy) is 2. The van der Waals surface area contributed by atoms with E-state index in [2.05, 4.69) is 15.7 Å². The summed E-state index contributed by atoms with van der Waals surface area (Å²) in [5, 5.41) is 10.3. The van der Waals surface area contributed by atoms with E-state index in [4.69, 9.17) is 9.47 Å². The zero-order chi connectivity index (χ0) is 28.2. The molecule has 1 aromatic heterocycles. The molecule has 0 spiro atoms. The maximum absolute atomic E-state index is 14.1. The van der Waals surface area contributed by atoms with E-state index in [1.807, 2.05) is 0 Å². The first-order valence-electron chi connectivity index (χ1n) is 12.7. The van der Waals surface area contributed by atoms with Crippen LogP contribution in [0.2, 0.25) is 0 Å². The summed E-state index contributed by atoms with van der Waals surface area (Å²) in [6.45, 7) is 2.43. The van der Waals surface area contributed by atoms with E-state index in [9.17, 15) is 22.8 Å². The lowest BCUT2D eigenvalue weighted by Crippen LogP contribution is -2.28. The van der Waals surface area contributed by atoms with Crippen LogP contribution in [-0.4, -0.2) is 43.0 Å². The third-order valence-electron chi connectivity index (χ3n) is 6.62. The number of rotatable bonds is 10. The number of hydrogen-bond donors (Lipinski definition) is 2. The van der Waals surface area contributed by atoms with Crippen molar-refractivity contribution in [2.45, 2.75) is 45.2 Å². The Balaban J connectivity index is 1.78. The zero-order valence-electron chi connectivity index (χ0n) is 22.1. The summed E-state index contributed by atoms with van der Waals surface area (Å²) in [5.74, 6) is 0.877. The summed E-state index contributed by atoms with van der Waals surface area (Å²) < 4.78 is 54.0. The van der Waals surface area contributed by atoms with E-state index < -0.39 is 17.3 Å². The quantitative estimate of drug-likeness (QED) is 0.358. The lowest BCUT2D eigenvalue weighted by molar-refractivity contribution is -0.137. The lowest BCUT2D eigenvalue weighted by atomic mass is 10.0. The van der Waals surface area contributed by atoms with E-state index in [1.165, 1.54) is 33.3 Å². The third-order valence-corrected chi connectivity index (χ3v) is 6.62. The molecule has 2 N–H and O–H groups in total.